The summed E-state index contributed by atoms with van der Waals surface area (Å²) in [6, 6.07) is -0.652. The molecule has 1 saturated heterocycles. The predicted molar refractivity (Wildman–Crippen MR) is 155 cm³/mol. The molecule has 0 aromatic rings. The quantitative estimate of drug-likeness (QED) is 0.363. The van der Waals surface area contributed by atoms with Crippen molar-refractivity contribution in [1.29, 1.82) is 0 Å². The van der Waals surface area contributed by atoms with Crippen molar-refractivity contribution in [1.82, 2.24) is 14.5 Å². The molecule has 6 fully saturated rings. The Hall–Kier alpha value is -0.550. The maximum absolute atomic E-state index is 14.7. The Morgan fingerprint density at radius 3 is 2.22 bits per heavy atom. The number of rotatable bonds is 10. The third-order valence-corrected chi connectivity index (χ3v) is 13.4. The van der Waals surface area contributed by atoms with Crippen molar-refractivity contribution < 1.29 is 26.7 Å². The molecule has 1 aliphatic heterocycles. The van der Waals surface area contributed by atoms with E-state index in [0.29, 0.717) is 57.9 Å². The number of sulfonamides is 1. The van der Waals surface area contributed by atoms with Gasteiger partial charge in [-0.2, -0.15) is 4.31 Å². The first-order valence-corrected chi connectivity index (χ1v) is 18.2. The number of carbonyl (C=O) groups is 1. The van der Waals surface area contributed by atoms with Crippen LogP contribution in [0.15, 0.2) is 0 Å². The predicted octanol–water partition coefficient (Wildman–Crippen LogP) is 4.57. The molecule has 7 atom stereocenters. The molecule has 7 unspecified atom stereocenters. The highest BCUT2D eigenvalue weighted by molar-refractivity contribution is 7.89. The molecular weight excluding hydrogens is 572 g/mol. The van der Waals surface area contributed by atoms with E-state index in [2.05, 4.69) is 10.2 Å². The van der Waals surface area contributed by atoms with Crippen LogP contribution in [0, 0.1) is 17.8 Å². The van der Waals surface area contributed by atoms with E-state index in [1.165, 1.54) is 25.7 Å². The van der Waals surface area contributed by atoms with Gasteiger partial charge in [0.1, 0.15) is 12.3 Å². The third-order valence-electron chi connectivity index (χ3n) is 10.5. The summed E-state index contributed by atoms with van der Waals surface area (Å²) >= 11 is 6.37. The fourth-order valence-corrected chi connectivity index (χ4v) is 10.5. The maximum Gasteiger partial charge on any atom is 0.227 e. The molecule has 11 heteroatoms. The van der Waals surface area contributed by atoms with Gasteiger partial charge < -0.3 is 15.0 Å². The Balaban J connectivity index is 1.17. The van der Waals surface area contributed by atoms with Gasteiger partial charge in [0.2, 0.25) is 15.9 Å². The molecule has 0 aromatic heterocycles. The number of ether oxygens (including phenoxy) is 1. The van der Waals surface area contributed by atoms with E-state index in [1.807, 2.05) is 0 Å². The molecule has 5 saturated carbocycles. The number of fused-ring (bicyclic) bond motifs is 1. The van der Waals surface area contributed by atoms with Crippen LogP contribution in [0.1, 0.15) is 89.9 Å². The fourth-order valence-electron chi connectivity index (χ4n) is 7.81. The molecule has 1 amide bonds. The molecule has 6 aliphatic rings. The monoisotopic (exact) mass is 619 g/mol. The maximum atomic E-state index is 14.7. The van der Waals surface area contributed by atoms with E-state index in [0.717, 1.165) is 31.5 Å². The van der Waals surface area contributed by atoms with Gasteiger partial charge in [-0.05, 0) is 102 Å². The number of hydrogen-bond donors (Lipinski definition) is 1. The van der Waals surface area contributed by atoms with Crippen LogP contribution >= 0.6 is 11.6 Å². The van der Waals surface area contributed by atoms with E-state index in [4.69, 9.17) is 16.3 Å². The van der Waals surface area contributed by atoms with Crippen LogP contribution in [-0.2, 0) is 19.6 Å². The molecular formula is C30H48ClF2N3O4S. The van der Waals surface area contributed by atoms with Crippen LogP contribution in [0.2, 0.25) is 0 Å². The lowest BCUT2D eigenvalue weighted by molar-refractivity contribution is -0.133. The van der Waals surface area contributed by atoms with Crippen molar-refractivity contribution in [2.45, 2.75) is 137 Å². The largest absolute Gasteiger partial charge is 0.371 e. The first kappa shape index (κ1) is 30.5. The van der Waals surface area contributed by atoms with Crippen molar-refractivity contribution in [3.05, 3.63) is 0 Å². The lowest BCUT2D eigenvalue weighted by Crippen LogP contribution is -2.64. The Morgan fingerprint density at radius 1 is 0.902 bits per heavy atom. The van der Waals surface area contributed by atoms with E-state index >= 15 is 0 Å². The van der Waals surface area contributed by atoms with E-state index < -0.39 is 45.0 Å². The molecule has 234 valence electrons. The van der Waals surface area contributed by atoms with Crippen LogP contribution in [0.5, 0.6) is 0 Å². The highest BCUT2D eigenvalue weighted by atomic mass is 35.5. The smallest absolute Gasteiger partial charge is 0.227 e. The minimum atomic E-state index is -3.68. The summed E-state index contributed by atoms with van der Waals surface area (Å²) < 4.78 is 65.2. The van der Waals surface area contributed by atoms with Gasteiger partial charge in [0.25, 0.3) is 0 Å². The van der Waals surface area contributed by atoms with Crippen molar-refractivity contribution >= 4 is 27.5 Å². The van der Waals surface area contributed by atoms with Gasteiger partial charge in [0.05, 0.1) is 29.4 Å². The zero-order valence-corrected chi connectivity index (χ0v) is 25.7. The first-order valence-electron chi connectivity index (χ1n) is 16.3. The van der Waals surface area contributed by atoms with Gasteiger partial charge in [-0.25, -0.2) is 17.2 Å². The molecule has 0 aromatic carbocycles. The summed E-state index contributed by atoms with van der Waals surface area (Å²) in [5.74, 6) is 0.276. The standard InChI is InChI=1S/C30H48ClF2N3O4S/c31-25-2-1-3-26(33)29(25)30(37)34-22-10-13-28-27(14-22)36(41(38,39)24-11-8-21(32)9-12-24)18-23(40-28)17-35(15-19-4-5-19)16-20-6-7-20/h19-29H,1-18H2,(H,34,37). The Morgan fingerprint density at radius 2 is 1.59 bits per heavy atom. The van der Waals surface area contributed by atoms with Crippen LogP contribution in [0.3, 0.4) is 0 Å². The average molecular weight is 620 g/mol. The topological polar surface area (TPSA) is 79.0 Å². The number of carbonyl (C=O) groups excluding carboxylic acids is 1. The minimum absolute atomic E-state index is 0.210. The van der Waals surface area contributed by atoms with Crippen molar-refractivity contribution in [2.75, 3.05) is 26.2 Å². The van der Waals surface area contributed by atoms with Gasteiger partial charge in [-0.3, -0.25) is 4.79 Å². The zero-order valence-electron chi connectivity index (χ0n) is 24.1. The third kappa shape index (κ3) is 7.40. The second kappa shape index (κ2) is 12.8. The minimum Gasteiger partial charge on any atom is -0.371 e. The SMILES string of the molecule is O=C(NC1CCC2OC(CN(CC3CC3)CC3CC3)CN(S(=O)(=O)C3CCC(F)CC3)C2C1)C1C(F)CCCC1Cl. The summed E-state index contributed by atoms with van der Waals surface area (Å²) in [4.78, 5) is 15.6. The molecule has 0 radical (unpaired) electrons. The van der Waals surface area contributed by atoms with Crippen LogP contribution < -0.4 is 5.32 Å². The number of hydrogen-bond acceptors (Lipinski definition) is 5. The number of nitrogens with zero attached hydrogens (tertiary/aromatic N) is 2. The number of morpholine rings is 1. The van der Waals surface area contributed by atoms with Crippen LogP contribution in [0.4, 0.5) is 8.78 Å². The lowest BCUT2D eigenvalue weighted by atomic mass is 9.84. The van der Waals surface area contributed by atoms with Gasteiger partial charge in [-0.15, -0.1) is 11.6 Å². The zero-order chi connectivity index (χ0) is 28.7. The number of nitrogens with one attached hydrogen (secondary N) is 1. The summed E-state index contributed by atoms with van der Waals surface area (Å²) in [6.45, 7) is 3.15. The molecule has 1 heterocycles. The van der Waals surface area contributed by atoms with Gasteiger partial charge in [-0.1, -0.05) is 0 Å². The molecule has 0 spiro atoms. The summed E-state index contributed by atoms with van der Waals surface area (Å²) in [7, 11) is -3.68. The number of halogens is 3. The second-order valence-corrected chi connectivity index (χ2v) is 16.7. The highest BCUT2D eigenvalue weighted by Gasteiger charge is 2.49. The van der Waals surface area contributed by atoms with Gasteiger partial charge in [0.15, 0.2) is 0 Å². The molecule has 1 N–H and O–H groups in total. The van der Waals surface area contributed by atoms with Gasteiger partial charge >= 0.3 is 0 Å². The Kier molecular flexibility index (Phi) is 9.53. The molecule has 5 aliphatic carbocycles. The molecule has 41 heavy (non-hydrogen) atoms. The highest BCUT2D eigenvalue weighted by Crippen LogP contribution is 2.39. The van der Waals surface area contributed by atoms with Gasteiger partial charge in [0, 0.05) is 37.6 Å². The Labute approximate surface area is 249 Å². The van der Waals surface area contributed by atoms with Crippen LogP contribution in [0.25, 0.3) is 0 Å². The van der Waals surface area contributed by atoms with E-state index in [9.17, 15) is 22.0 Å². The molecule has 7 nitrogen and oxygen atoms in total. The molecule has 6 rings (SSSR count). The summed E-state index contributed by atoms with van der Waals surface area (Å²) in [6.07, 6.45) is 7.09. The summed E-state index contributed by atoms with van der Waals surface area (Å²) in [5.41, 5.74) is 0. The van der Waals surface area contributed by atoms with E-state index in [1.54, 1.807) is 4.31 Å². The number of alkyl halides is 3. The summed E-state index contributed by atoms with van der Waals surface area (Å²) in [5, 5.41) is 1.94. The molecule has 0 bridgehead atoms. The number of amides is 1. The fraction of sp³-hybridized carbons (Fsp3) is 0.967. The van der Waals surface area contributed by atoms with Crippen molar-refractivity contribution in [2.24, 2.45) is 17.8 Å². The normalized spacial score (nSPS) is 40.7. The average Bonchev–Trinajstić information content (AvgIpc) is 3.86. The van der Waals surface area contributed by atoms with E-state index in [-0.39, 0.29) is 37.0 Å². The van der Waals surface area contributed by atoms with Crippen molar-refractivity contribution in [3.8, 4) is 0 Å². The lowest BCUT2D eigenvalue weighted by Gasteiger charge is -2.49. The Bertz CT molecular complexity index is 999. The van der Waals surface area contributed by atoms with Crippen LogP contribution in [-0.4, -0.2) is 97.0 Å². The first-order chi connectivity index (χ1) is 19.7. The van der Waals surface area contributed by atoms with Crippen molar-refractivity contribution in [3.63, 3.8) is 0 Å². The second-order valence-electron chi connectivity index (χ2n) is 14.0.